The Hall–Kier alpha value is 1.66. The molecule has 6 unspecified atom stereocenters. The molecule has 0 spiro atoms. The normalized spacial score (nSPS) is 6.59. The van der Waals surface area contributed by atoms with Crippen molar-refractivity contribution in [3.63, 3.8) is 0 Å². The molecule has 0 heterocycles. The largest absolute Gasteiger partial charge is 0.658 e. The number of hydrogen-bond acceptors (Lipinski definition) is 1. The van der Waals surface area contributed by atoms with Gasteiger partial charge in [0.05, 0.1) is 0 Å². The van der Waals surface area contributed by atoms with Gasteiger partial charge in [-0.05, 0) is 12.1 Å². The monoisotopic (exact) mass is 849 g/mol. The molecule has 11 heteroatoms. The third-order valence-electron chi connectivity index (χ3n) is 3.08. The van der Waals surface area contributed by atoms with E-state index in [1.807, 2.05) is 97.1 Å². The van der Waals surface area contributed by atoms with Crippen molar-refractivity contribution in [2.45, 2.75) is 0 Å². The summed E-state index contributed by atoms with van der Waals surface area (Å²) in [6, 6.07) is 38.6. The maximum absolute atomic E-state index is 8.63. The van der Waals surface area contributed by atoms with Crippen LogP contribution in [0.3, 0.4) is 0 Å². The summed E-state index contributed by atoms with van der Waals surface area (Å²) in [5.74, 6) is 0.322. The number of nitrogens with zero attached hydrogens (tertiary/aromatic N) is 1. The first-order valence-corrected chi connectivity index (χ1v) is 8.07. The summed E-state index contributed by atoms with van der Waals surface area (Å²) in [5.41, 5.74) is 1.99. The summed E-state index contributed by atoms with van der Waals surface area (Å²) < 4.78 is 0. The molecule has 0 fully saturated rings. The van der Waals surface area contributed by atoms with Crippen LogP contribution in [-0.2, 0) is 73.8 Å². The second-order valence-electron chi connectivity index (χ2n) is 5.08. The van der Waals surface area contributed by atoms with E-state index in [4.69, 9.17) is 5.11 Å². The number of benzene rings is 3. The number of phenols is 1. The zero-order valence-corrected chi connectivity index (χ0v) is 35.8. The average molecular weight is 849 g/mol. The van der Waals surface area contributed by atoms with Gasteiger partial charge in [-0.2, -0.15) is 77.6 Å². The van der Waals surface area contributed by atoms with E-state index < -0.39 is 0 Å². The van der Waals surface area contributed by atoms with Crippen molar-refractivity contribution in [1.82, 2.24) is 0 Å². The van der Waals surface area contributed by atoms with Crippen molar-refractivity contribution in [1.29, 1.82) is 0 Å². The second-order valence-corrected chi connectivity index (χ2v) is 5.08. The minimum atomic E-state index is 0. The van der Waals surface area contributed by atoms with Gasteiger partial charge in [0.2, 0.25) is 0 Å². The first-order chi connectivity index (χ1) is 12.3. The standard InChI is InChI=1S/C12H10N.C6H6O.C5H5.Hf.6H3P.Ti.Zr/c1-3-7-11(8-4-1)13-12-9-5-2-6-10-12;7-6-4-2-1-3-5-6;1-2-4-5-3-1;;;;;;;;;/h1-10H;1-5,7H;1-5H;;6*1H3;;/q-1;;-1;;;;;;;;;. The van der Waals surface area contributed by atoms with E-state index in [0.29, 0.717) is 5.75 Å². The summed E-state index contributed by atoms with van der Waals surface area (Å²) in [5, 5.41) is 13.1. The van der Waals surface area contributed by atoms with Crippen LogP contribution in [0.25, 0.3) is 5.32 Å². The molecule has 0 saturated heterocycles. The Morgan fingerprint density at radius 3 is 1.00 bits per heavy atom. The molecular weight excluding hydrogens is 810 g/mol. The summed E-state index contributed by atoms with van der Waals surface area (Å²) in [6.07, 6.45) is 0. The van der Waals surface area contributed by atoms with Crippen molar-refractivity contribution < 1.29 is 78.9 Å². The number of phenolic OH excluding ortho intramolecular Hbond substituents is 1. The van der Waals surface area contributed by atoms with E-state index >= 15 is 0 Å². The fourth-order valence-corrected chi connectivity index (χ4v) is 1.90. The molecule has 186 valence electrons. The molecule has 1 N–H and O–H groups in total. The predicted molar refractivity (Wildman–Crippen MR) is 172 cm³/mol. The summed E-state index contributed by atoms with van der Waals surface area (Å²) >= 11 is 0. The van der Waals surface area contributed by atoms with Crippen LogP contribution >= 0.6 is 59.4 Å². The van der Waals surface area contributed by atoms with Crippen molar-refractivity contribution in [3.05, 3.63) is 127 Å². The van der Waals surface area contributed by atoms with Crippen LogP contribution in [0.1, 0.15) is 0 Å². The van der Waals surface area contributed by atoms with Gasteiger partial charge in [-0.15, -0.1) is 11.4 Å². The van der Waals surface area contributed by atoms with Gasteiger partial charge in [-0.25, -0.2) is 12.1 Å². The minimum Gasteiger partial charge on any atom is -0.658 e. The average Bonchev–Trinajstić information content (AvgIpc) is 3.25. The zero-order valence-electron chi connectivity index (χ0n) is 19.7. The van der Waals surface area contributed by atoms with Crippen LogP contribution in [-0.4, -0.2) is 5.11 Å². The molecule has 0 aliphatic rings. The molecule has 0 bridgehead atoms. The van der Waals surface area contributed by atoms with Gasteiger partial charge < -0.3 is 10.4 Å². The Balaban J connectivity index is -0.0000000476. The third-order valence-corrected chi connectivity index (χ3v) is 3.08. The van der Waals surface area contributed by atoms with Crippen molar-refractivity contribution in [2.75, 3.05) is 0 Å². The predicted octanol–water partition coefficient (Wildman–Crippen LogP) is 7.16. The summed E-state index contributed by atoms with van der Waals surface area (Å²) in [7, 11) is 0. The quantitative estimate of drug-likeness (QED) is 0.130. The first kappa shape index (κ1) is 56.0. The fraction of sp³-hybridized carbons (Fsp3) is 0. The van der Waals surface area contributed by atoms with E-state index in [9.17, 15) is 0 Å². The Bertz CT molecular complexity index is 753. The molecule has 0 aliphatic heterocycles. The van der Waals surface area contributed by atoms with Gasteiger partial charge in [0.25, 0.3) is 0 Å². The number of rotatable bonds is 2. The maximum atomic E-state index is 8.63. The molecule has 6 atom stereocenters. The van der Waals surface area contributed by atoms with Gasteiger partial charge in [0, 0.05) is 73.8 Å². The molecule has 0 saturated carbocycles. The Morgan fingerprint density at radius 2 is 0.794 bits per heavy atom. The minimum absolute atomic E-state index is 0. The van der Waals surface area contributed by atoms with E-state index in [0.717, 1.165) is 11.4 Å². The zero-order chi connectivity index (χ0) is 17.6. The van der Waals surface area contributed by atoms with Crippen LogP contribution in [0, 0.1) is 0 Å². The first-order valence-electron chi connectivity index (χ1n) is 8.07. The van der Waals surface area contributed by atoms with Gasteiger partial charge in [0.1, 0.15) is 5.75 Å². The molecule has 4 rings (SSSR count). The Kier molecular flexibility index (Phi) is 64.5. The van der Waals surface area contributed by atoms with Crippen LogP contribution < -0.4 is 0 Å². The fourth-order valence-electron chi connectivity index (χ4n) is 1.90. The van der Waals surface area contributed by atoms with Gasteiger partial charge >= 0.3 is 0 Å². The topological polar surface area (TPSA) is 34.3 Å². The van der Waals surface area contributed by atoms with Gasteiger partial charge in [-0.1, -0.05) is 78.9 Å². The van der Waals surface area contributed by atoms with E-state index in [2.05, 4.69) is 5.32 Å². The summed E-state index contributed by atoms with van der Waals surface area (Å²) in [4.78, 5) is 0. The van der Waals surface area contributed by atoms with Gasteiger partial charge in [-0.3, -0.25) is 0 Å². The summed E-state index contributed by atoms with van der Waals surface area (Å²) in [6.45, 7) is 0. The molecule has 0 radical (unpaired) electrons. The molecule has 2 nitrogen and oxygen atoms in total. The molecular formula is C23H39HfNOP6TiZr-2. The second kappa shape index (κ2) is 39.2. The van der Waals surface area contributed by atoms with E-state index in [1.54, 1.807) is 24.3 Å². The molecule has 0 aliphatic carbocycles. The van der Waals surface area contributed by atoms with Crippen LogP contribution in [0.5, 0.6) is 5.75 Å². The SMILES string of the molecule is Oc1ccccc1.P.P.P.P.P.P.[Hf].[Ti].[Zr].c1cc[cH-]c1.c1ccc([N-]c2ccccc2)cc1. The van der Waals surface area contributed by atoms with Crippen molar-refractivity contribution >= 4 is 70.8 Å². The molecule has 4 aromatic carbocycles. The third kappa shape index (κ3) is 29.9. The molecule has 0 amide bonds. The van der Waals surface area contributed by atoms with E-state index in [1.165, 1.54) is 0 Å². The smallest absolute Gasteiger partial charge is 0.115 e. The number of aromatic hydroxyl groups is 1. The molecule has 0 aromatic heterocycles. The van der Waals surface area contributed by atoms with Crippen molar-refractivity contribution in [3.8, 4) is 5.75 Å². The van der Waals surface area contributed by atoms with Crippen LogP contribution in [0.2, 0.25) is 0 Å². The number of para-hydroxylation sites is 3. The van der Waals surface area contributed by atoms with Crippen LogP contribution in [0.15, 0.2) is 121 Å². The van der Waals surface area contributed by atoms with Crippen LogP contribution in [0.4, 0.5) is 11.4 Å². The Labute approximate surface area is 279 Å². The van der Waals surface area contributed by atoms with E-state index in [-0.39, 0.29) is 133 Å². The van der Waals surface area contributed by atoms with Gasteiger partial charge in [0.15, 0.2) is 0 Å². The molecule has 34 heavy (non-hydrogen) atoms. The Morgan fingerprint density at radius 1 is 0.500 bits per heavy atom. The maximum Gasteiger partial charge on any atom is 0.115 e. The van der Waals surface area contributed by atoms with Crippen molar-refractivity contribution in [2.24, 2.45) is 0 Å². The number of hydrogen-bond donors (Lipinski definition) is 1. The molecule has 4 aromatic rings.